The van der Waals surface area contributed by atoms with Crippen molar-refractivity contribution < 1.29 is 9.53 Å². The van der Waals surface area contributed by atoms with Crippen molar-refractivity contribution in [3.8, 4) is 11.6 Å². The average Bonchev–Trinajstić information content (AvgIpc) is 3.25. The van der Waals surface area contributed by atoms with Crippen molar-refractivity contribution in [2.75, 3.05) is 43.9 Å². The molecule has 2 N–H and O–H groups in total. The number of ether oxygens (including phenoxy) is 1. The van der Waals surface area contributed by atoms with Gasteiger partial charge in [-0.3, -0.25) is 9.69 Å². The molecular formula is C27H30N6O2S. The number of carbonyl (C=O) groups is 1. The highest BCUT2D eigenvalue weighted by molar-refractivity contribution is 7.17. The van der Waals surface area contributed by atoms with E-state index in [4.69, 9.17) is 4.74 Å². The first kappa shape index (κ1) is 24.2. The second-order valence-corrected chi connectivity index (χ2v) is 9.87. The van der Waals surface area contributed by atoms with Gasteiger partial charge in [0.2, 0.25) is 17.7 Å². The summed E-state index contributed by atoms with van der Waals surface area (Å²) >= 11 is 1.53. The summed E-state index contributed by atoms with van der Waals surface area (Å²) in [6, 6.07) is 9.57. The van der Waals surface area contributed by atoms with Gasteiger partial charge < -0.3 is 20.3 Å². The maximum atomic E-state index is 11.7. The zero-order chi connectivity index (χ0) is 24.9. The van der Waals surface area contributed by atoms with Gasteiger partial charge in [-0.2, -0.15) is 4.98 Å². The second kappa shape index (κ2) is 11.0. The smallest absolute Gasteiger partial charge is 0.247 e. The maximum Gasteiger partial charge on any atom is 0.247 e. The molecule has 1 unspecified atom stereocenters. The molecule has 9 heteroatoms. The van der Waals surface area contributed by atoms with Crippen LogP contribution in [0, 0.1) is 0 Å². The fourth-order valence-electron chi connectivity index (χ4n) is 4.40. The first-order valence-corrected chi connectivity index (χ1v) is 13.0. The molecule has 0 bridgehead atoms. The number of hydrogen-bond donors (Lipinski definition) is 2. The first-order chi connectivity index (χ1) is 17.6. The first-order valence-electron chi connectivity index (χ1n) is 12.1. The number of anilines is 2. The Balaban J connectivity index is 1.30. The molecule has 0 spiro atoms. The quantitative estimate of drug-likeness (QED) is 0.446. The molecule has 1 fully saturated rings. The third-order valence-electron chi connectivity index (χ3n) is 6.33. The van der Waals surface area contributed by atoms with Crippen LogP contribution in [0.15, 0.2) is 72.3 Å². The third-order valence-corrected chi connectivity index (χ3v) is 7.22. The highest BCUT2D eigenvalue weighted by atomic mass is 32.1. The van der Waals surface area contributed by atoms with Crippen molar-refractivity contribution in [2.45, 2.75) is 18.9 Å². The molecule has 1 atom stereocenters. The fourth-order valence-corrected chi connectivity index (χ4v) is 5.16. The molecule has 1 amide bonds. The van der Waals surface area contributed by atoms with Gasteiger partial charge in [-0.15, -0.1) is 11.3 Å². The average molecular weight is 503 g/mol. The molecule has 8 nitrogen and oxygen atoms in total. The summed E-state index contributed by atoms with van der Waals surface area (Å²) in [7, 11) is 2.20. The van der Waals surface area contributed by atoms with Crippen LogP contribution in [0.25, 0.3) is 10.2 Å². The highest BCUT2D eigenvalue weighted by Crippen LogP contribution is 2.33. The Morgan fingerprint density at radius 3 is 2.97 bits per heavy atom. The minimum atomic E-state index is -0.277. The standard InChI is InChI=1S/C27H30N6O2S/c1-3-24(34)28-20-6-4-7-22(18-20)35-26-25-23(12-17-36-25)30-27(31-26)29-19-8-10-21(11-9-19)33-14-5-13-32(2)15-16-33/h3-4,6-10,12,17-18,21H,1,5,11,13-16H2,2H3,(H,28,34)(H,29,30,31). The van der Waals surface area contributed by atoms with E-state index >= 15 is 0 Å². The molecule has 0 radical (unpaired) electrons. The van der Waals surface area contributed by atoms with Crippen LogP contribution in [0.2, 0.25) is 0 Å². The monoisotopic (exact) mass is 502 g/mol. The lowest BCUT2D eigenvalue weighted by atomic mass is 10.0. The minimum absolute atomic E-state index is 0.277. The van der Waals surface area contributed by atoms with Crippen molar-refractivity contribution in [3.63, 3.8) is 0 Å². The Bertz CT molecular complexity index is 1320. The number of aromatic nitrogens is 2. The summed E-state index contributed by atoms with van der Waals surface area (Å²) in [5.74, 6) is 1.24. The summed E-state index contributed by atoms with van der Waals surface area (Å²) in [5.41, 5.74) is 2.42. The number of fused-ring (bicyclic) bond motifs is 1. The van der Waals surface area contributed by atoms with E-state index < -0.39 is 0 Å². The second-order valence-electron chi connectivity index (χ2n) is 8.95. The lowest BCUT2D eigenvalue weighted by molar-refractivity contribution is -0.111. The van der Waals surface area contributed by atoms with E-state index in [1.165, 1.54) is 23.8 Å². The molecule has 3 aromatic rings. The number of amides is 1. The van der Waals surface area contributed by atoms with Crippen molar-refractivity contribution >= 4 is 39.1 Å². The molecule has 1 saturated heterocycles. The number of rotatable bonds is 7. The molecule has 2 aromatic heterocycles. The summed E-state index contributed by atoms with van der Waals surface area (Å²) in [6.45, 7) is 7.99. The van der Waals surface area contributed by atoms with Crippen molar-refractivity contribution in [2.24, 2.45) is 0 Å². The van der Waals surface area contributed by atoms with E-state index in [0.29, 0.717) is 29.3 Å². The summed E-state index contributed by atoms with van der Waals surface area (Å²) in [5, 5.41) is 8.08. The lowest BCUT2D eigenvalue weighted by Gasteiger charge is -2.29. The number of allylic oxidation sites excluding steroid dienone is 1. The minimum Gasteiger partial charge on any atom is -0.437 e. The largest absolute Gasteiger partial charge is 0.437 e. The van der Waals surface area contributed by atoms with Gasteiger partial charge >= 0.3 is 0 Å². The number of thiophene rings is 1. The predicted octanol–water partition coefficient (Wildman–Crippen LogP) is 4.87. The number of benzene rings is 1. The molecule has 186 valence electrons. The molecular weight excluding hydrogens is 472 g/mol. The Hall–Kier alpha value is -3.53. The Kier molecular flexibility index (Phi) is 7.41. The van der Waals surface area contributed by atoms with Crippen LogP contribution in [-0.2, 0) is 4.79 Å². The molecule has 1 aliphatic carbocycles. The Morgan fingerprint density at radius 2 is 2.14 bits per heavy atom. The normalized spacial score (nSPS) is 18.9. The van der Waals surface area contributed by atoms with Crippen LogP contribution in [0.5, 0.6) is 11.6 Å². The van der Waals surface area contributed by atoms with Gasteiger partial charge in [-0.25, -0.2) is 4.98 Å². The summed E-state index contributed by atoms with van der Waals surface area (Å²) < 4.78 is 7.01. The summed E-state index contributed by atoms with van der Waals surface area (Å²) in [6.07, 6.45) is 10.0. The van der Waals surface area contributed by atoms with E-state index in [-0.39, 0.29) is 5.91 Å². The lowest BCUT2D eigenvalue weighted by Crippen LogP contribution is -2.37. The number of carbonyl (C=O) groups excluding carboxylic acids is 1. The number of hydrogen-bond acceptors (Lipinski definition) is 8. The SMILES string of the molecule is C=CC(=O)Nc1cccc(Oc2nc(NC3=CCC(N4CCCN(C)CC4)C=C3)nc3ccsc23)c1. The van der Waals surface area contributed by atoms with Gasteiger partial charge in [0.15, 0.2) is 0 Å². The molecule has 5 rings (SSSR count). The summed E-state index contributed by atoms with van der Waals surface area (Å²) in [4.78, 5) is 26.0. The van der Waals surface area contributed by atoms with E-state index in [1.54, 1.807) is 12.1 Å². The molecule has 1 aromatic carbocycles. The van der Waals surface area contributed by atoms with Crippen LogP contribution < -0.4 is 15.4 Å². The van der Waals surface area contributed by atoms with E-state index in [0.717, 1.165) is 48.5 Å². The van der Waals surface area contributed by atoms with Gasteiger partial charge in [0.05, 0.1) is 5.52 Å². The van der Waals surface area contributed by atoms with Crippen LogP contribution in [0.1, 0.15) is 12.8 Å². The van der Waals surface area contributed by atoms with E-state index in [9.17, 15) is 4.79 Å². The topological polar surface area (TPSA) is 82.6 Å². The molecule has 0 saturated carbocycles. The molecule has 36 heavy (non-hydrogen) atoms. The van der Waals surface area contributed by atoms with E-state index in [1.807, 2.05) is 23.6 Å². The zero-order valence-corrected chi connectivity index (χ0v) is 21.1. The van der Waals surface area contributed by atoms with Gasteiger partial charge in [-0.05, 0) is 62.2 Å². The fraction of sp³-hybridized carbons (Fsp3) is 0.296. The van der Waals surface area contributed by atoms with Gasteiger partial charge in [0, 0.05) is 43.1 Å². The van der Waals surface area contributed by atoms with Crippen molar-refractivity contribution in [1.29, 1.82) is 0 Å². The Labute approximate surface area is 215 Å². The van der Waals surface area contributed by atoms with Crippen LogP contribution in [0.4, 0.5) is 11.6 Å². The van der Waals surface area contributed by atoms with Crippen LogP contribution in [-0.4, -0.2) is 64.9 Å². The zero-order valence-electron chi connectivity index (χ0n) is 20.3. The molecule has 2 aliphatic rings. The van der Waals surface area contributed by atoms with Gasteiger partial charge in [0.1, 0.15) is 10.4 Å². The molecule has 1 aliphatic heterocycles. The molecule has 3 heterocycles. The van der Waals surface area contributed by atoms with Crippen molar-refractivity contribution in [1.82, 2.24) is 19.8 Å². The Morgan fingerprint density at radius 1 is 1.22 bits per heavy atom. The predicted molar refractivity (Wildman–Crippen MR) is 146 cm³/mol. The van der Waals surface area contributed by atoms with E-state index in [2.05, 4.69) is 62.3 Å². The highest BCUT2D eigenvalue weighted by Gasteiger charge is 2.20. The van der Waals surface area contributed by atoms with Crippen molar-refractivity contribution in [3.05, 3.63) is 72.3 Å². The number of nitrogens with one attached hydrogen (secondary N) is 2. The van der Waals surface area contributed by atoms with Gasteiger partial charge in [-0.1, -0.05) is 24.8 Å². The number of likely N-dealkylation sites (N-methyl/N-ethyl adjacent to an activating group) is 1. The maximum absolute atomic E-state index is 11.7. The number of nitrogens with zero attached hydrogens (tertiary/aromatic N) is 4. The third kappa shape index (κ3) is 5.81. The van der Waals surface area contributed by atoms with Crippen LogP contribution >= 0.6 is 11.3 Å². The van der Waals surface area contributed by atoms with Crippen LogP contribution in [0.3, 0.4) is 0 Å². The van der Waals surface area contributed by atoms with Gasteiger partial charge in [0.25, 0.3) is 0 Å².